The van der Waals surface area contributed by atoms with Crippen LogP contribution < -0.4 is 24.2 Å². The normalized spacial score (nSPS) is 11.5. The molecule has 4 rings (SSSR count). The fourth-order valence-electron chi connectivity index (χ4n) is 4.86. The number of aliphatic carboxylic acids is 1. The summed E-state index contributed by atoms with van der Waals surface area (Å²) in [5.41, 5.74) is 6.56. The van der Waals surface area contributed by atoms with Crippen LogP contribution in [0.15, 0.2) is 103 Å². The van der Waals surface area contributed by atoms with Gasteiger partial charge in [0.05, 0.1) is 12.7 Å². The van der Waals surface area contributed by atoms with Crippen LogP contribution in [0.1, 0.15) is 40.5 Å². The van der Waals surface area contributed by atoms with Crippen molar-refractivity contribution in [3.63, 3.8) is 0 Å². The maximum atomic E-state index is 13.4. The monoisotopic (exact) mass is 575 g/mol. The van der Waals surface area contributed by atoms with Crippen molar-refractivity contribution in [1.29, 1.82) is 0 Å². The second-order valence-corrected chi connectivity index (χ2v) is 11.1. The fourth-order valence-corrected chi connectivity index (χ4v) is 5.34. The van der Waals surface area contributed by atoms with E-state index in [0.717, 1.165) is 35.1 Å². The molecule has 0 heterocycles. The van der Waals surface area contributed by atoms with Crippen molar-refractivity contribution >= 4 is 23.6 Å². The predicted octanol–water partition coefficient (Wildman–Crippen LogP) is 4.09. The second-order valence-electron chi connectivity index (χ2n) is 10.2. The number of nitrogens with one attached hydrogen (secondary N) is 1. The third-order valence-corrected chi connectivity index (χ3v) is 7.72. The van der Waals surface area contributed by atoms with Crippen molar-refractivity contribution in [2.75, 3.05) is 12.0 Å². The third-order valence-electron chi connectivity index (χ3n) is 7.08. The number of carboxylic acids is 1. The number of carboxylic acid groups (broad SMARTS) is 1. The van der Waals surface area contributed by atoms with Crippen molar-refractivity contribution in [3.8, 4) is 11.1 Å². The number of hydrogen-bond acceptors (Lipinski definition) is 4. The van der Waals surface area contributed by atoms with Crippen LogP contribution in [0, 0.1) is 6.92 Å². The standard InChI is InChI=1S/C35H37NO4S.Li.H/c1-25-11-9-10-16-30(25)32-23-28(17-18-31(32)34(37)36-33(35(38)39)19-20-41-2)24-40-29(21-26-12-5-3-6-13-26)22-27-14-7-4-8-15-27;;/h3-18,23,29,33H,19-22,24H2,1-2H3,(H,36,37)(H,38,39);;/q;+1;-1/t33-;;/m0../s1. The minimum absolute atomic E-state index is 0. The maximum absolute atomic E-state index is 13.4. The Balaban J connectivity index is 0.00000323. The molecule has 0 fully saturated rings. The van der Waals surface area contributed by atoms with E-state index in [1.54, 1.807) is 17.8 Å². The van der Waals surface area contributed by atoms with Gasteiger partial charge >= 0.3 is 24.8 Å². The van der Waals surface area contributed by atoms with E-state index in [2.05, 4.69) is 29.6 Å². The first-order valence-corrected chi connectivity index (χ1v) is 15.2. The zero-order chi connectivity index (χ0) is 29.0. The van der Waals surface area contributed by atoms with E-state index in [1.807, 2.05) is 86.0 Å². The van der Waals surface area contributed by atoms with Crippen LogP contribution in [0.2, 0.25) is 0 Å². The summed E-state index contributed by atoms with van der Waals surface area (Å²) in [6.07, 6.45) is 3.82. The van der Waals surface area contributed by atoms with Crippen LogP contribution in [0.25, 0.3) is 11.1 Å². The largest absolute Gasteiger partial charge is 1.00 e. The van der Waals surface area contributed by atoms with Gasteiger partial charge in [-0.05, 0) is 83.7 Å². The number of carbonyl (C=O) groups is 2. The minimum Gasteiger partial charge on any atom is -1.00 e. The molecule has 0 aliphatic carbocycles. The Kier molecular flexibility index (Phi) is 13.4. The van der Waals surface area contributed by atoms with E-state index in [-0.39, 0.29) is 26.4 Å². The summed E-state index contributed by atoms with van der Waals surface area (Å²) in [5.74, 6) is -0.779. The Morgan fingerprint density at radius 2 is 1.43 bits per heavy atom. The molecule has 0 radical (unpaired) electrons. The molecular formula is C35H38LiNO4S. The number of aryl methyl sites for hydroxylation is 1. The van der Waals surface area contributed by atoms with Crippen LogP contribution in [0.4, 0.5) is 0 Å². The maximum Gasteiger partial charge on any atom is 1.00 e. The SMILES string of the molecule is CSCC[C@H](NC(=O)c1ccc(COC(Cc2ccccc2)Cc2ccccc2)cc1-c1ccccc1C)C(=O)O.[H-].[Li+]. The van der Waals surface area contributed by atoms with E-state index in [1.165, 1.54) is 11.1 Å². The van der Waals surface area contributed by atoms with Crippen LogP contribution in [-0.4, -0.2) is 41.1 Å². The van der Waals surface area contributed by atoms with Gasteiger partial charge in [0, 0.05) is 5.56 Å². The molecule has 0 aliphatic rings. The Labute approximate surface area is 266 Å². The fraction of sp³-hybridized carbons (Fsp3) is 0.257. The van der Waals surface area contributed by atoms with Crippen LogP contribution in [0.5, 0.6) is 0 Å². The molecule has 7 heteroatoms. The Hall–Kier alpha value is -3.27. The summed E-state index contributed by atoms with van der Waals surface area (Å²) in [6.45, 7) is 2.39. The van der Waals surface area contributed by atoms with Crippen LogP contribution in [0.3, 0.4) is 0 Å². The van der Waals surface area contributed by atoms with E-state index in [4.69, 9.17) is 4.74 Å². The van der Waals surface area contributed by atoms with E-state index in [9.17, 15) is 14.7 Å². The number of benzene rings is 4. The Bertz CT molecular complexity index is 1400. The molecule has 0 aromatic heterocycles. The van der Waals surface area contributed by atoms with Crippen molar-refractivity contribution < 1.29 is 39.7 Å². The molecular weight excluding hydrogens is 537 g/mol. The van der Waals surface area contributed by atoms with Gasteiger partial charge in [0.15, 0.2) is 0 Å². The van der Waals surface area contributed by atoms with Crippen molar-refractivity contribution in [3.05, 3.63) is 131 Å². The van der Waals surface area contributed by atoms with E-state index >= 15 is 0 Å². The van der Waals surface area contributed by atoms with Gasteiger partial charge in [-0.3, -0.25) is 4.79 Å². The second kappa shape index (κ2) is 17.0. The van der Waals surface area contributed by atoms with Gasteiger partial charge in [0.2, 0.25) is 0 Å². The van der Waals surface area contributed by atoms with Gasteiger partial charge in [-0.15, -0.1) is 0 Å². The Morgan fingerprint density at radius 3 is 2.00 bits per heavy atom. The summed E-state index contributed by atoms with van der Waals surface area (Å²) < 4.78 is 6.52. The zero-order valence-electron chi connectivity index (χ0n) is 25.6. The number of carbonyl (C=O) groups excluding carboxylic acids is 1. The first-order chi connectivity index (χ1) is 19.9. The zero-order valence-corrected chi connectivity index (χ0v) is 25.4. The van der Waals surface area contributed by atoms with Gasteiger partial charge < -0.3 is 16.6 Å². The van der Waals surface area contributed by atoms with Gasteiger partial charge in [-0.25, -0.2) is 4.79 Å². The number of ether oxygens (including phenoxy) is 1. The van der Waals surface area contributed by atoms with Gasteiger partial charge in [0.1, 0.15) is 6.04 Å². The van der Waals surface area contributed by atoms with E-state index in [0.29, 0.717) is 24.3 Å². The molecule has 214 valence electrons. The Morgan fingerprint density at radius 1 is 0.833 bits per heavy atom. The quantitative estimate of drug-likeness (QED) is 0.222. The minimum atomic E-state index is -1.03. The summed E-state index contributed by atoms with van der Waals surface area (Å²) >= 11 is 1.55. The van der Waals surface area contributed by atoms with Gasteiger partial charge in [0.25, 0.3) is 5.91 Å². The van der Waals surface area contributed by atoms with Gasteiger partial charge in [-0.1, -0.05) is 91.0 Å². The summed E-state index contributed by atoms with van der Waals surface area (Å²) in [6, 6.07) is 33.3. The van der Waals surface area contributed by atoms with Crippen molar-refractivity contribution in [2.24, 2.45) is 0 Å². The molecule has 0 aliphatic heterocycles. The summed E-state index contributed by atoms with van der Waals surface area (Å²) in [4.78, 5) is 25.2. The van der Waals surface area contributed by atoms with Crippen molar-refractivity contribution in [2.45, 2.75) is 44.9 Å². The smallest absolute Gasteiger partial charge is 1.00 e. The predicted molar refractivity (Wildman–Crippen MR) is 168 cm³/mol. The number of thioether (sulfide) groups is 1. The molecule has 5 nitrogen and oxygen atoms in total. The third kappa shape index (κ3) is 9.64. The van der Waals surface area contributed by atoms with Gasteiger partial charge in [-0.2, -0.15) is 11.8 Å². The molecule has 0 unspecified atom stereocenters. The first kappa shape index (κ1) is 33.2. The van der Waals surface area contributed by atoms with Crippen molar-refractivity contribution in [1.82, 2.24) is 5.32 Å². The molecule has 4 aromatic carbocycles. The molecule has 2 N–H and O–H groups in total. The molecule has 0 saturated heterocycles. The van der Waals surface area contributed by atoms with Crippen LogP contribution in [-0.2, 0) is 29.0 Å². The molecule has 4 aromatic rings. The van der Waals surface area contributed by atoms with E-state index < -0.39 is 17.9 Å². The number of rotatable bonds is 14. The topological polar surface area (TPSA) is 75.6 Å². The van der Waals surface area contributed by atoms with Crippen LogP contribution >= 0.6 is 11.8 Å². The molecule has 0 spiro atoms. The number of hydrogen-bond donors (Lipinski definition) is 2. The number of amides is 1. The summed E-state index contributed by atoms with van der Waals surface area (Å²) in [7, 11) is 0. The molecule has 1 atom stereocenters. The summed E-state index contributed by atoms with van der Waals surface area (Å²) in [5, 5.41) is 12.4. The molecule has 1 amide bonds. The molecule has 42 heavy (non-hydrogen) atoms. The molecule has 0 bridgehead atoms. The average Bonchev–Trinajstić information content (AvgIpc) is 2.99. The average molecular weight is 576 g/mol. The molecule has 0 saturated carbocycles. The first-order valence-electron chi connectivity index (χ1n) is 13.9.